The Balaban J connectivity index is 1.02. The molecular formula is C59H43N. The summed E-state index contributed by atoms with van der Waals surface area (Å²) in [4.78, 5) is 2.42. The maximum atomic E-state index is 2.42. The van der Waals surface area contributed by atoms with Crippen LogP contribution in [0, 0.1) is 0 Å². The third-order valence-corrected chi connectivity index (χ3v) is 12.7. The van der Waals surface area contributed by atoms with Gasteiger partial charge >= 0.3 is 0 Å². The summed E-state index contributed by atoms with van der Waals surface area (Å²) in [7, 11) is 0. The van der Waals surface area contributed by atoms with E-state index in [4.69, 9.17) is 0 Å². The molecule has 0 aromatic heterocycles. The van der Waals surface area contributed by atoms with Crippen LogP contribution < -0.4 is 4.90 Å². The zero-order valence-electron chi connectivity index (χ0n) is 33.8. The zero-order chi connectivity index (χ0) is 40.2. The Labute approximate surface area is 352 Å². The Morgan fingerprint density at radius 3 is 1.28 bits per heavy atom. The molecule has 1 aliphatic carbocycles. The largest absolute Gasteiger partial charge is 0.310 e. The Kier molecular flexibility index (Phi) is 8.57. The molecule has 60 heavy (non-hydrogen) atoms. The number of benzene rings is 10. The second-order valence-electron chi connectivity index (χ2n) is 16.5. The molecule has 0 bridgehead atoms. The highest BCUT2D eigenvalue weighted by atomic mass is 15.1. The van der Waals surface area contributed by atoms with Crippen molar-refractivity contribution in [3.05, 3.63) is 236 Å². The van der Waals surface area contributed by atoms with Gasteiger partial charge in [-0.2, -0.15) is 0 Å². The number of hydrogen-bond acceptors (Lipinski definition) is 1. The minimum absolute atomic E-state index is 0.0479. The fourth-order valence-corrected chi connectivity index (χ4v) is 9.70. The van der Waals surface area contributed by atoms with Crippen molar-refractivity contribution in [3.63, 3.8) is 0 Å². The topological polar surface area (TPSA) is 3.24 Å². The maximum Gasteiger partial charge on any atom is 0.0540 e. The average Bonchev–Trinajstić information content (AvgIpc) is 3.55. The highest BCUT2D eigenvalue weighted by molar-refractivity contribution is 5.99. The fraction of sp³-hybridized carbons (Fsp3) is 0.0508. The molecule has 0 heterocycles. The zero-order valence-corrected chi connectivity index (χ0v) is 33.8. The summed E-state index contributed by atoms with van der Waals surface area (Å²) in [5.41, 5.74) is 18.5. The lowest BCUT2D eigenvalue weighted by atomic mass is 9.82. The Bertz CT molecular complexity index is 3200. The molecule has 1 aliphatic rings. The molecule has 0 saturated carbocycles. The van der Waals surface area contributed by atoms with Crippen LogP contribution in [0.3, 0.4) is 0 Å². The fourth-order valence-electron chi connectivity index (χ4n) is 9.70. The van der Waals surface area contributed by atoms with Gasteiger partial charge in [0.1, 0.15) is 0 Å². The summed E-state index contributed by atoms with van der Waals surface area (Å²) in [6.07, 6.45) is 0. The predicted octanol–water partition coefficient (Wildman–Crippen LogP) is 16.4. The van der Waals surface area contributed by atoms with Gasteiger partial charge in [-0.1, -0.05) is 208 Å². The summed E-state index contributed by atoms with van der Waals surface area (Å²) in [6.45, 7) is 4.70. The van der Waals surface area contributed by atoms with E-state index in [1.54, 1.807) is 0 Å². The van der Waals surface area contributed by atoms with E-state index >= 15 is 0 Å². The molecular weight excluding hydrogens is 723 g/mol. The normalized spacial score (nSPS) is 12.6. The number of rotatable bonds is 7. The van der Waals surface area contributed by atoms with Crippen LogP contribution >= 0.6 is 0 Å². The van der Waals surface area contributed by atoms with Crippen LogP contribution in [0.15, 0.2) is 224 Å². The number of fused-ring (bicyclic) bond motifs is 5. The van der Waals surface area contributed by atoms with Crippen molar-refractivity contribution < 1.29 is 0 Å². The summed E-state index contributed by atoms with van der Waals surface area (Å²) in [5.74, 6) is 0. The van der Waals surface area contributed by atoms with E-state index in [0.29, 0.717) is 0 Å². The smallest absolute Gasteiger partial charge is 0.0540 e. The average molecular weight is 766 g/mol. The molecule has 1 heteroatoms. The van der Waals surface area contributed by atoms with E-state index in [1.165, 1.54) is 88.3 Å². The lowest BCUT2D eigenvalue weighted by Crippen LogP contribution is -2.14. The molecule has 0 radical (unpaired) electrons. The highest BCUT2D eigenvalue weighted by Gasteiger charge is 2.36. The third kappa shape index (κ3) is 5.93. The molecule has 284 valence electrons. The van der Waals surface area contributed by atoms with Crippen molar-refractivity contribution >= 4 is 38.6 Å². The van der Waals surface area contributed by atoms with Crippen molar-refractivity contribution in [2.45, 2.75) is 19.3 Å². The van der Waals surface area contributed by atoms with Crippen LogP contribution in [-0.2, 0) is 5.41 Å². The van der Waals surface area contributed by atoms with E-state index in [2.05, 4.69) is 243 Å². The van der Waals surface area contributed by atoms with Gasteiger partial charge in [-0.05, 0) is 113 Å². The minimum atomic E-state index is -0.0479. The molecule has 0 unspecified atom stereocenters. The van der Waals surface area contributed by atoms with Gasteiger partial charge in [0.05, 0.1) is 5.69 Å². The molecule has 11 rings (SSSR count). The molecule has 0 N–H and O–H groups in total. The quantitative estimate of drug-likeness (QED) is 0.156. The minimum Gasteiger partial charge on any atom is -0.310 e. The van der Waals surface area contributed by atoms with E-state index < -0.39 is 0 Å². The second-order valence-corrected chi connectivity index (χ2v) is 16.5. The van der Waals surface area contributed by atoms with Gasteiger partial charge in [-0.25, -0.2) is 0 Å². The van der Waals surface area contributed by atoms with Crippen molar-refractivity contribution in [2.75, 3.05) is 4.90 Å². The van der Waals surface area contributed by atoms with Gasteiger partial charge in [0.15, 0.2) is 0 Å². The standard InChI is InChI=1S/C59H43N/c1-59(2)55-25-9-7-21-54(55)58-53(24-13-26-56(58)59)45-34-38-47(39-35-45)60(46-36-32-43(33-37-46)51-23-12-17-41-15-4-6-19-49(41)51)57-27-10-8-20-52(57)44-30-28-42(29-31-44)50-22-11-16-40-14-3-5-18-48(40)50/h3-39H,1-2H3. The van der Waals surface area contributed by atoms with Crippen LogP contribution in [-0.4, -0.2) is 0 Å². The van der Waals surface area contributed by atoms with Crippen LogP contribution in [0.25, 0.3) is 77.2 Å². The SMILES string of the molecule is CC1(C)c2ccccc2-c2c(-c3ccc(N(c4ccc(-c5cccc6ccccc56)cc4)c4ccccc4-c4ccc(-c5cccc6ccccc56)cc4)cc3)cccc21. The van der Waals surface area contributed by atoms with Gasteiger partial charge in [-0.15, -0.1) is 0 Å². The second kappa shape index (κ2) is 14.4. The number of nitrogens with zero attached hydrogens (tertiary/aromatic N) is 1. The van der Waals surface area contributed by atoms with Crippen LogP contribution in [0.5, 0.6) is 0 Å². The number of hydrogen-bond donors (Lipinski definition) is 0. The van der Waals surface area contributed by atoms with Gasteiger partial charge < -0.3 is 4.90 Å². The van der Waals surface area contributed by atoms with Crippen LogP contribution in [0.1, 0.15) is 25.0 Å². The first kappa shape index (κ1) is 35.7. The Hall–Kier alpha value is -7.48. The molecule has 1 nitrogen and oxygen atoms in total. The summed E-state index contributed by atoms with van der Waals surface area (Å²) in [5, 5.41) is 5.03. The van der Waals surface area contributed by atoms with E-state index in [1.807, 2.05) is 0 Å². The molecule has 10 aromatic carbocycles. The van der Waals surface area contributed by atoms with Crippen molar-refractivity contribution in [1.82, 2.24) is 0 Å². The molecule has 0 spiro atoms. The number of para-hydroxylation sites is 1. The van der Waals surface area contributed by atoms with Gasteiger partial charge in [0, 0.05) is 22.4 Å². The van der Waals surface area contributed by atoms with Crippen LogP contribution in [0.2, 0.25) is 0 Å². The first-order valence-corrected chi connectivity index (χ1v) is 20.9. The predicted molar refractivity (Wildman–Crippen MR) is 255 cm³/mol. The summed E-state index contributed by atoms with van der Waals surface area (Å²) in [6, 6.07) is 82.3. The molecule has 0 saturated heterocycles. The Morgan fingerprint density at radius 2 is 0.683 bits per heavy atom. The third-order valence-electron chi connectivity index (χ3n) is 12.7. The van der Waals surface area contributed by atoms with Crippen molar-refractivity contribution in [1.29, 1.82) is 0 Å². The molecule has 0 aliphatic heterocycles. The molecule has 0 atom stereocenters. The maximum absolute atomic E-state index is 2.42. The van der Waals surface area contributed by atoms with Crippen molar-refractivity contribution in [3.8, 4) is 55.6 Å². The summed E-state index contributed by atoms with van der Waals surface area (Å²) < 4.78 is 0. The van der Waals surface area contributed by atoms with E-state index in [9.17, 15) is 0 Å². The Morgan fingerprint density at radius 1 is 0.300 bits per heavy atom. The van der Waals surface area contributed by atoms with Gasteiger partial charge in [0.2, 0.25) is 0 Å². The molecule has 10 aromatic rings. The van der Waals surface area contributed by atoms with E-state index in [-0.39, 0.29) is 5.41 Å². The first-order chi connectivity index (χ1) is 29.5. The summed E-state index contributed by atoms with van der Waals surface area (Å²) >= 11 is 0. The van der Waals surface area contributed by atoms with E-state index in [0.717, 1.165) is 17.1 Å². The number of anilines is 3. The molecule has 0 fully saturated rings. The molecule has 0 amide bonds. The van der Waals surface area contributed by atoms with Crippen LogP contribution in [0.4, 0.5) is 17.1 Å². The van der Waals surface area contributed by atoms with Gasteiger partial charge in [0.25, 0.3) is 0 Å². The highest BCUT2D eigenvalue weighted by Crippen LogP contribution is 2.52. The van der Waals surface area contributed by atoms with Crippen molar-refractivity contribution in [2.24, 2.45) is 0 Å². The lowest BCUT2D eigenvalue weighted by Gasteiger charge is -2.28. The first-order valence-electron chi connectivity index (χ1n) is 20.9. The monoisotopic (exact) mass is 765 g/mol. The lowest BCUT2D eigenvalue weighted by molar-refractivity contribution is 0.660. The van der Waals surface area contributed by atoms with Gasteiger partial charge in [-0.3, -0.25) is 0 Å².